The van der Waals surface area contributed by atoms with Crippen molar-refractivity contribution in [3.05, 3.63) is 54.1 Å². The van der Waals surface area contributed by atoms with Crippen LogP contribution in [0.4, 0.5) is 11.4 Å². The number of nitrogens with zero attached hydrogens (tertiary/aromatic N) is 3. The maximum atomic E-state index is 5.31. The molecule has 3 N–H and O–H groups in total. The van der Waals surface area contributed by atoms with Gasteiger partial charge in [0.25, 0.3) is 0 Å². The van der Waals surface area contributed by atoms with Crippen molar-refractivity contribution < 1.29 is 9.64 Å². The van der Waals surface area contributed by atoms with E-state index in [0.717, 1.165) is 43.3 Å². The first-order valence-electron chi connectivity index (χ1n) is 11.4. The summed E-state index contributed by atoms with van der Waals surface area (Å²) in [6, 6.07) is 17.5. The molecule has 2 aromatic carbocycles. The van der Waals surface area contributed by atoms with Crippen LogP contribution in [0.5, 0.6) is 5.75 Å². The second kappa shape index (κ2) is 8.77. The number of anilines is 2. The maximum absolute atomic E-state index is 5.31. The van der Waals surface area contributed by atoms with Crippen LogP contribution in [0, 0.1) is 0 Å². The van der Waals surface area contributed by atoms with Crippen molar-refractivity contribution >= 4 is 17.3 Å². The molecule has 7 heteroatoms. The van der Waals surface area contributed by atoms with Crippen molar-refractivity contribution in [3.63, 3.8) is 0 Å². The average Bonchev–Trinajstić information content (AvgIpc) is 3.23. The SMILES string of the molecule is COc1ccc(C2CCCC3N=C(Nc4ccc(N5CC[NH+](C)CC5)cc4)NN32)cc1. The molecule has 2 unspecified atom stereocenters. The number of hydrazine groups is 1. The number of aliphatic imine (C=N–C) groups is 1. The van der Waals surface area contributed by atoms with Crippen molar-refractivity contribution in [2.24, 2.45) is 4.99 Å². The predicted molar refractivity (Wildman–Crippen MR) is 125 cm³/mol. The van der Waals surface area contributed by atoms with E-state index in [4.69, 9.17) is 9.73 Å². The van der Waals surface area contributed by atoms with Crippen LogP contribution in [0.2, 0.25) is 0 Å². The van der Waals surface area contributed by atoms with Crippen LogP contribution in [0.3, 0.4) is 0 Å². The van der Waals surface area contributed by atoms with Crippen molar-refractivity contribution in [3.8, 4) is 5.75 Å². The van der Waals surface area contributed by atoms with Crippen LogP contribution in [-0.4, -0.2) is 57.5 Å². The van der Waals surface area contributed by atoms with E-state index < -0.39 is 0 Å². The van der Waals surface area contributed by atoms with Crippen molar-refractivity contribution in [2.75, 3.05) is 50.6 Å². The Morgan fingerprint density at radius 1 is 1.03 bits per heavy atom. The number of likely N-dealkylation sites (N-methyl/N-ethyl adjacent to an activating group) is 1. The number of rotatable bonds is 4. The summed E-state index contributed by atoms with van der Waals surface area (Å²) >= 11 is 0. The molecular formula is C24H33N6O+. The Labute approximate surface area is 184 Å². The van der Waals surface area contributed by atoms with Gasteiger partial charge in [-0.2, -0.15) is 5.01 Å². The molecule has 5 rings (SSSR count). The highest BCUT2D eigenvalue weighted by Crippen LogP contribution is 2.36. The molecule has 0 aromatic heterocycles. The molecule has 2 atom stereocenters. The second-order valence-electron chi connectivity index (χ2n) is 8.81. The van der Waals surface area contributed by atoms with Gasteiger partial charge in [0, 0.05) is 11.4 Å². The zero-order valence-electron chi connectivity index (χ0n) is 18.5. The Kier molecular flexibility index (Phi) is 5.70. The molecule has 164 valence electrons. The predicted octanol–water partition coefficient (Wildman–Crippen LogP) is 1.87. The first kappa shape index (κ1) is 20.2. The molecule has 0 radical (unpaired) electrons. The zero-order valence-corrected chi connectivity index (χ0v) is 18.5. The van der Waals surface area contributed by atoms with Crippen LogP contribution in [0.25, 0.3) is 0 Å². The summed E-state index contributed by atoms with van der Waals surface area (Å²) in [6.07, 6.45) is 3.56. The third-order valence-electron chi connectivity index (χ3n) is 6.72. The highest BCUT2D eigenvalue weighted by Gasteiger charge is 2.36. The molecule has 0 bridgehead atoms. The van der Waals surface area contributed by atoms with Gasteiger partial charge in [0.2, 0.25) is 5.96 Å². The summed E-state index contributed by atoms with van der Waals surface area (Å²) in [5.41, 5.74) is 7.20. The molecule has 0 amide bonds. The summed E-state index contributed by atoms with van der Waals surface area (Å²) in [5.74, 6) is 1.73. The number of hydrogen-bond donors (Lipinski definition) is 3. The number of piperidine rings is 1. The number of quaternary nitrogens is 1. The lowest BCUT2D eigenvalue weighted by molar-refractivity contribution is -0.880. The highest BCUT2D eigenvalue weighted by atomic mass is 16.5. The summed E-state index contributed by atoms with van der Waals surface area (Å²) < 4.78 is 5.31. The van der Waals surface area contributed by atoms with E-state index in [1.54, 1.807) is 12.0 Å². The Balaban J connectivity index is 1.23. The van der Waals surface area contributed by atoms with Crippen molar-refractivity contribution in [2.45, 2.75) is 31.5 Å². The van der Waals surface area contributed by atoms with E-state index in [1.165, 1.54) is 30.8 Å². The first-order valence-corrected chi connectivity index (χ1v) is 11.4. The summed E-state index contributed by atoms with van der Waals surface area (Å²) in [6.45, 7) is 4.65. The quantitative estimate of drug-likeness (QED) is 0.704. The number of ether oxygens (including phenoxy) is 1. The van der Waals surface area contributed by atoms with Gasteiger partial charge < -0.3 is 19.9 Å². The van der Waals surface area contributed by atoms with Crippen molar-refractivity contribution in [1.29, 1.82) is 0 Å². The third kappa shape index (κ3) is 4.34. The van der Waals surface area contributed by atoms with Gasteiger partial charge in [-0.05, 0) is 61.2 Å². The molecule has 3 aliphatic rings. The highest BCUT2D eigenvalue weighted by molar-refractivity contribution is 5.94. The van der Waals surface area contributed by atoms with Gasteiger partial charge in [-0.1, -0.05) is 12.1 Å². The molecule has 7 nitrogen and oxygen atoms in total. The Hall–Kier alpha value is -2.77. The normalized spacial score (nSPS) is 24.3. The fraction of sp³-hybridized carbons (Fsp3) is 0.458. The largest absolute Gasteiger partial charge is 0.497 e. The number of benzene rings is 2. The fourth-order valence-electron chi connectivity index (χ4n) is 4.81. The molecular weight excluding hydrogens is 388 g/mol. The second-order valence-corrected chi connectivity index (χ2v) is 8.81. The molecule has 2 saturated heterocycles. The van der Waals surface area contributed by atoms with Gasteiger partial charge in [-0.3, -0.25) is 5.43 Å². The van der Waals surface area contributed by atoms with Crippen LogP contribution >= 0.6 is 0 Å². The lowest BCUT2D eigenvalue weighted by atomic mass is 9.95. The van der Waals surface area contributed by atoms with Crippen LogP contribution < -0.4 is 25.3 Å². The minimum absolute atomic E-state index is 0.176. The summed E-state index contributed by atoms with van der Waals surface area (Å²) in [5, 5.41) is 5.78. The topological polar surface area (TPSA) is 56.6 Å². The molecule has 0 spiro atoms. The Bertz CT molecular complexity index is 905. The van der Waals surface area contributed by atoms with Crippen LogP contribution in [-0.2, 0) is 0 Å². The minimum atomic E-state index is 0.176. The van der Waals surface area contributed by atoms with Gasteiger partial charge >= 0.3 is 0 Å². The van der Waals surface area contributed by atoms with Gasteiger partial charge in [0.15, 0.2) is 0 Å². The number of fused-ring (bicyclic) bond motifs is 1. The number of piperazine rings is 1. The van der Waals surface area contributed by atoms with Crippen LogP contribution in [0.1, 0.15) is 30.9 Å². The molecule has 3 aliphatic heterocycles. The number of hydrogen-bond acceptors (Lipinski definition) is 6. The first-order chi connectivity index (χ1) is 15.2. The molecule has 0 saturated carbocycles. The van der Waals surface area contributed by atoms with E-state index in [0.29, 0.717) is 6.04 Å². The lowest BCUT2D eigenvalue weighted by Gasteiger charge is -2.36. The summed E-state index contributed by atoms with van der Waals surface area (Å²) in [7, 11) is 3.98. The van der Waals surface area contributed by atoms with E-state index in [1.807, 2.05) is 12.1 Å². The summed E-state index contributed by atoms with van der Waals surface area (Å²) in [4.78, 5) is 9.01. The molecule has 2 aromatic rings. The number of guanidine groups is 1. The lowest BCUT2D eigenvalue weighted by Crippen LogP contribution is -3.12. The van der Waals surface area contributed by atoms with E-state index in [-0.39, 0.29) is 6.17 Å². The van der Waals surface area contributed by atoms with Gasteiger partial charge in [-0.15, -0.1) is 0 Å². The Morgan fingerprint density at radius 3 is 2.48 bits per heavy atom. The van der Waals surface area contributed by atoms with E-state index >= 15 is 0 Å². The standard InChI is InChI=1S/C24H32N6O/c1-28-14-16-29(17-15-28)20-10-8-19(9-11-20)25-24-26-23-5-3-4-22(30(23)27-24)18-6-12-21(31-2)13-7-18/h6-13,22-23H,3-5,14-17H2,1-2H3,(H2,25,26,27)/p+1. The van der Waals surface area contributed by atoms with Gasteiger partial charge in [-0.25, -0.2) is 4.99 Å². The average molecular weight is 422 g/mol. The molecule has 31 heavy (non-hydrogen) atoms. The van der Waals surface area contributed by atoms with Crippen molar-refractivity contribution in [1.82, 2.24) is 10.4 Å². The maximum Gasteiger partial charge on any atom is 0.212 e. The Morgan fingerprint density at radius 2 is 1.77 bits per heavy atom. The number of methoxy groups -OCH3 is 1. The third-order valence-corrected chi connectivity index (χ3v) is 6.72. The zero-order chi connectivity index (χ0) is 21.2. The molecule has 2 fully saturated rings. The van der Waals surface area contributed by atoms with Gasteiger partial charge in [0.05, 0.1) is 46.4 Å². The van der Waals surface area contributed by atoms with E-state index in [2.05, 4.69) is 64.1 Å². The smallest absolute Gasteiger partial charge is 0.212 e. The number of nitrogens with one attached hydrogen (secondary N) is 3. The minimum Gasteiger partial charge on any atom is -0.497 e. The van der Waals surface area contributed by atoms with E-state index in [9.17, 15) is 0 Å². The molecule has 3 heterocycles. The fourth-order valence-corrected chi connectivity index (χ4v) is 4.81. The van der Waals surface area contributed by atoms with Gasteiger partial charge in [0.1, 0.15) is 11.9 Å². The van der Waals surface area contributed by atoms with Crippen LogP contribution in [0.15, 0.2) is 53.5 Å². The monoisotopic (exact) mass is 421 g/mol. The molecule has 0 aliphatic carbocycles.